The number of benzene rings is 2. The Morgan fingerprint density at radius 1 is 0.939 bits per heavy atom. The van der Waals surface area contributed by atoms with Crippen LogP contribution < -0.4 is 0 Å². The fraction of sp³-hybridized carbons (Fsp3) is 0.552. The van der Waals surface area contributed by atoms with E-state index in [9.17, 15) is 9.90 Å². The van der Waals surface area contributed by atoms with Crippen LogP contribution in [0.5, 0.6) is 0 Å². The number of piperidine rings is 1. The largest absolute Gasteiger partial charge is 0.460 e. The molecule has 0 radical (unpaired) electrons. The van der Waals surface area contributed by atoms with Gasteiger partial charge < -0.3 is 14.3 Å². The second kappa shape index (κ2) is 10.8. The summed E-state index contributed by atoms with van der Waals surface area (Å²) in [7, 11) is 2.32. The second-order valence-electron chi connectivity index (χ2n) is 10.5. The van der Waals surface area contributed by atoms with Crippen LogP contribution in [0.1, 0.15) is 62.5 Å². The highest BCUT2D eigenvalue weighted by atomic mass is 16.6. The van der Waals surface area contributed by atoms with E-state index in [2.05, 4.69) is 37.4 Å². The summed E-state index contributed by atoms with van der Waals surface area (Å²) < 4.78 is 7.07. The van der Waals surface area contributed by atoms with Crippen LogP contribution in [0.2, 0.25) is 0 Å². The van der Waals surface area contributed by atoms with Gasteiger partial charge in [-0.05, 0) is 30.4 Å². The summed E-state index contributed by atoms with van der Waals surface area (Å²) in [6, 6.07) is 20.1. The standard InChI is InChI=1S/C29H40NO3/c1-30(21-11-14-24-12-5-2-6-13-24)22-19-27(20-23-30)33-28(31)29(32,25-15-7-3-8-16-25)26-17-9-4-10-18-26/h2-3,5-8,12-13,15-16,26-27,32H,4,9-11,14,17-23H2,1H3/q+1. The third-order valence-corrected chi connectivity index (χ3v) is 7.98. The van der Waals surface area contributed by atoms with E-state index in [0.717, 1.165) is 69.1 Å². The monoisotopic (exact) mass is 450 g/mol. The van der Waals surface area contributed by atoms with Crippen molar-refractivity contribution in [3.63, 3.8) is 0 Å². The molecular formula is C29H40NO3+. The van der Waals surface area contributed by atoms with Gasteiger partial charge in [0.2, 0.25) is 0 Å². The summed E-state index contributed by atoms with van der Waals surface area (Å²) in [6.45, 7) is 3.17. The highest BCUT2D eigenvalue weighted by Gasteiger charge is 2.48. The van der Waals surface area contributed by atoms with E-state index in [1.165, 1.54) is 18.4 Å². The van der Waals surface area contributed by atoms with E-state index in [4.69, 9.17) is 4.74 Å². The zero-order chi connectivity index (χ0) is 23.2. The van der Waals surface area contributed by atoms with Gasteiger partial charge in [-0.1, -0.05) is 79.9 Å². The van der Waals surface area contributed by atoms with E-state index >= 15 is 0 Å². The van der Waals surface area contributed by atoms with Crippen LogP contribution in [-0.4, -0.2) is 48.3 Å². The van der Waals surface area contributed by atoms with Crippen LogP contribution in [0.15, 0.2) is 60.7 Å². The Hall–Kier alpha value is -2.17. The van der Waals surface area contributed by atoms with E-state index in [1.54, 1.807) is 0 Å². The van der Waals surface area contributed by atoms with E-state index in [0.29, 0.717) is 5.56 Å². The molecule has 0 bridgehead atoms. The number of carbonyl (C=O) groups is 1. The minimum absolute atomic E-state index is 0.0659. The van der Waals surface area contributed by atoms with E-state index in [1.807, 2.05) is 30.3 Å². The fourth-order valence-electron chi connectivity index (χ4n) is 5.79. The number of nitrogens with zero attached hydrogens (tertiary/aromatic N) is 1. The molecule has 1 aliphatic carbocycles. The quantitative estimate of drug-likeness (QED) is 0.442. The van der Waals surface area contributed by atoms with Gasteiger partial charge in [0.05, 0.1) is 26.7 Å². The van der Waals surface area contributed by atoms with E-state index in [-0.39, 0.29) is 12.0 Å². The molecule has 178 valence electrons. The number of aryl methyl sites for hydroxylation is 1. The molecule has 0 spiro atoms. The Labute approximate surface area is 199 Å². The third-order valence-electron chi connectivity index (χ3n) is 7.98. The number of hydrogen-bond acceptors (Lipinski definition) is 3. The number of carbonyl (C=O) groups excluding carboxylic acids is 1. The van der Waals surface area contributed by atoms with Crippen LogP contribution >= 0.6 is 0 Å². The number of esters is 1. The molecule has 4 nitrogen and oxygen atoms in total. The molecule has 1 N–H and O–H groups in total. The molecule has 2 aromatic rings. The molecule has 1 unspecified atom stereocenters. The molecule has 1 heterocycles. The highest BCUT2D eigenvalue weighted by Crippen LogP contribution is 2.41. The molecule has 2 fully saturated rings. The third kappa shape index (κ3) is 5.85. The van der Waals surface area contributed by atoms with Crippen molar-refractivity contribution in [1.82, 2.24) is 0 Å². The van der Waals surface area contributed by atoms with Crippen LogP contribution in [0.25, 0.3) is 0 Å². The van der Waals surface area contributed by atoms with Crippen molar-refractivity contribution in [3.8, 4) is 0 Å². The number of quaternary nitrogens is 1. The average molecular weight is 451 g/mol. The lowest BCUT2D eigenvalue weighted by atomic mass is 9.73. The Balaban J connectivity index is 1.34. The number of aliphatic hydroxyl groups is 1. The zero-order valence-corrected chi connectivity index (χ0v) is 20.1. The molecule has 1 saturated carbocycles. The summed E-state index contributed by atoms with van der Waals surface area (Å²) in [5.74, 6) is -0.505. The van der Waals surface area contributed by atoms with E-state index < -0.39 is 11.6 Å². The van der Waals surface area contributed by atoms with Gasteiger partial charge in [0.15, 0.2) is 5.60 Å². The average Bonchev–Trinajstić information content (AvgIpc) is 2.87. The van der Waals surface area contributed by atoms with Crippen molar-refractivity contribution in [1.29, 1.82) is 0 Å². The molecule has 1 aliphatic heterocycles. The summed E-state index contributed by atoms with van der Waals surface area (Å²) in [5, 5.41) is 11.8. The van der Waals surface area contributed by atoms with Crippen molar-refractivity contribution in [3.05, 3.63) is 71.8 Å². The Morgan fingerprint density at radius 2 is 1.55 bits per heavy atom. The zero-order valence-electron chi connectivity index (χ0n) is 20.1. The normalized spacial score (nSPS) is 25.8. The number of likely N-dealkylation sites (tertiary alicyclic amines) is 1. The van der Waals surface area contributed by atoms with Gasteiger partial charge in [0.25, 0.3) is 0 Å². The molecule has 4 rings (SSSR count). The summed E-state index contributed by atoms with van der Waals surface area (Å²) in [6.07, 6.45) is 8.97. The van der Waals surface area contributed by atoms with Crippen molar-refractivity contribution in [2.24, 2.45) is 5.92 Å². The van der Waals surface area contributed by atoms with Crippen LogP contribution in [-0.2, 0) is 21.6 Å². The maximum absolute atomic E-state index is 13.4. The van der Waals surface area contributed by atoms with Crippen LogP contribution in [0.3, 0.4) is 0 Å². The molecule has 0 aromatic heterocycles. The van der Waals surface area contributed by atoms with Crippen molar-refractivity contribution < 1.29 is 19.1 Å². The first-order valence-corrected chi connectivity index (χ1v) is 12.9. The molecular weight excluding hydrogens is 410 g/mol. The molecule has 33 heavy (non-hydrogen) atoms. The SMILES string of the molecule is C[N+]1(CCCc2ccccc2)CCC(OC(=O)C(O)(c2ccccc2)C2CCCCC2)CC1. The van der Waals surface area contributed by atoms with Crippen LogP contribution in [0.4, 0.5) is 0 Å². The smallest absolute Gasteiger partial charge is 0.343 e. The molecule has 2 aromatic carbocycles. The topological polar surface area (TPSA) is 46.5 Å². The molecule has 4 heteroatoms. The first-order chi connectivity index (χ1) is 16.0. The predicted molar refractivity (Wildman–Crippen MR) is 132 cm³/mol. The Morgan fingerprint density at radius 3 is 2.18 bits per heavy atom. The second-order valence-corrected chi connectivity index (χ2v) is 10.5. The van der Waals surface area contributed by atoms with Gasteiger partial charge in [-0.2, -0.15) is 0 Å². The number of rotatable bonds is 8. The molecule has 2 aliphatic rings. The van der Waals surface area contributed by atoms with Crippen molar-refractivity contribution in [2.45, 2.75) is 69.5 Å². The number of ether oxygens (including phenoxy) is 1. The predicted octanol–water partition coefficient (Wildman–Crippen LogP) is 5.24. The molecule has 0 amide bonds. The maximum atomic E-state index is 13.4. The van der Waals surface area contributed by atoms with Crippen molar-refractivity contribution >= 4 is 5.97 Å². The Kier molecular flexibility index (Phi) is 7.87. The van der Waals surface area contributed by atoms with Gasteiger partial charge in [-0.15, -0.1) is 0 Å². The Bertz CT molecular complexity index is 870. The minimum atomic E-state index is -1.53. The summed E-state index contributed by atoms with van der Waals surface area (Å²) in [4.78, 5) is 13.4. The number of hydrogen-bond donors (Lipinski definition) is 1. The summed E-state index contributed by atoms with van der Waals surface area (Å²) >= 11 is 0. The summed E-state index contributed by atoms with van der Waals surface area (Å²) in [5.41, 5.74) is 0.544. The lowest BCUT2D eigenvalue weighted by Gasteiger charge is -2.42. The fourth-order valence-corrected chi connectivity index (χ4v) is 5.79. The van der Waals surface area contributed by atoms with Crippen molar-refractivity contribution in [2.75, 3.05) is 26.7 Å². The maximum Gasteiger partial charge on any atom is 0.343 e. The van der Waals surface area contributed by atoms with Gasteiger partial charge in [0, 0.05) is 25.2 Å². The minimum Gasteiger partial charge on any atom is -0.460 e. The van der Waals surface area contributed by atoms with Gasteiger partial charge >= 0.3 is 5.97 Å². The molecule has 1 atom stereocenters. The van der Waals surface area contributed by atoms with Gasteiger partial charge in [0.1, 0.15) is 6.10 Å². The van der Waals surface area contributed by atoms with Gasteiger partial charge in [-0.25, -0.2) is 4.79 Å². The first kappa shape index (κ1) is 24.0. The lowest BCUT2D eigenvalue weighted by Crippen LogP contribution is -2.53. The molecule has 1 saturated heterocycles. The first-order valence-electron chi connectivity index (χ1n) is 12.9. The highest BCUT2D eigenvalue weighted by molar-refractivity contribution is 5.81. The van der Waals surface area contributed by atoms with Crippen LogP contribution in [0, 0.1) is 5.92 Å². The van der Waals surface area contributed by atoms with Gasteiger partial charge in [-0.3, -0.25) is 0 Å². The lowest BCUT2D eigenvalue weighted by molar-refractivity contribution is -0.915.